The maximum absolute atomic E-state index is 6.13. The van der Waals surface area contributed by atoms with Crippen molar-refractivity contribution >= 4 is 11.6 Å². The quantitative estimate of drug-likeness (QED) is 0.911. The van der Waals surface area contributed by atoms with E-state index in [-0.39, 0.29) is 0 Å². The zero-order chi connectivity index (χ0) is 13.0. The van der Waals surface area contributed by atoms with Gasteiger partial charge in [0.25, 0.3) is 0 Å². The van der Waals surface area contributed by atoms with Crippen LogP contribution in [0.1, 0.15) is 24.0 Å². The Morgan fingerprint density at radius 2 is 2.11 bits per heavy atom. The highest BCUT2D eigenvalue weighted by Gasteiger charge is 2.16. The third kappa shape index (κ3) is 3.69. The van der Waals surface area contributed by atoms with Gasteiger partial charge in [-0.1, -0.05) is 23.7 Å². The van der Waals surface area contributed by atoms with Crippen LogP contribution in [0.2, 0.25) is 5.02 Å². The minimum Gasteiger partial charge on any atom is -0.373 e. The first-order chi connectivity index (χ1) is 8.69. The minimum absolute atomic E-state index is 0.383. The molecule has 18 heavy (non-hydrogen) atoms. The highest BCUT2D eigenvalue weighted by molar-refractivity contribution is 6.31. The fourth-order valence-corrected chi connectivity index (χ4v) is 2.49. The van der Waals surface area contributed by atoms with Gasteiger partial charge in [0.1, 0.15) is 0 Å². The van der Waals surface area contributed by atoms with Crippen LogP contribution in [0.15, 0.2) is 18.2 Å². The molecule has 0 unspecified atom stereocenters. The monoisotopic (exact) mass is 268 g/mol. The van der Waals surface area contributed by atoms with E-state index in [0.29, 0.717) is 19.3 Å². The predicted molar refractivity (Wildman–Crippen MR) is 74.7 cm³/mol. The Morgan fingerprint density at radius 1 is 1.39 bits per heavy atom. The van der Waals surface area contributed by atoms with Crippen molar-refractivity contribution in [3.63, 3.8) is 0 Å². The zero-order valence-corrected chi connectivity index (χ0v) is 11.6. The smallest absolute Gasteiger partial charge is 0.0721 e. The number of hydrogen-bond donors (Lipinski definition) is 1. The first kappa shape index (κ1) is 13.8. The summed E-state index contributed by atoms with van der Waals surface area (Å²) < 4.78 is 5.93. The number of piperidine rings is 1. The van der Waals surface area contributed by atoms with Crippen molar-refractivity contribution in [1.82, 2.24) is 4.90 Å². The Bertz CT molecular complexity index is 389. The van der Waals surface area contributed by atoms with Gasteiger partial charge in [0.05, 0.1) is 12.7 Å². The van der Waals surface area contributed by atoms with E-state index in [1.165, 1.54) is 0 Å². The van der Waals surface area contributed by atoms with Crippen LogP contribution in [0.25, 0.3) is 0 Å². The van der Waals surface area contributed by atoms with Gasteiger partial charge in [-0.25, -0.2) is 0 Å². The van der Waals surface area contributed by atoms with Crippen molar-refractivity contribution in [1.29, 1.82) is 0 Å². The summed E-state index contributed by atoms with van der Waals surface area (Å²) in [5.74, 6) is 0. The fraction of sp³-hybridized carbons (Fsp3) is 0.571. The molecular formula is C14H21ClN2O. The molecule has 1 heterocycles. The molecule has 2 N–H and O–H groups in total. The van der Waals surface area contributed by atoms with Gasteiger partial charge < -0.3 is 15.4 Å². The van der Waals surface area contributed by atoms with Crippen LogP contribution in [-0.2, 0) is 17.9 Å². The van der Waals surface area contributed by atoms with Gasteiger partial charge in [-0.3, -0.25) is 0 Å². The van der Waals surface area contributed by atoms with Crippen LogP contribution in [0, 0.1) is 0 Å². The molecule has 1 aromatic rings. The summed E-state index contributed by atoms with van der Waals surface area (Å²) in [5.41, 5.74) is 7.69. The van der Waals surface area contributed by atoms with Crippen LogP contribution in [-0.4, -0.2) is 31.1 Å². The molecule has 0 amide bonds. The molecule has 100 valence electrons. The molecule has 4 heteroatoms. The lowest BCUT2D eigenvalue weighted by Crippen LogP contribution is -2.34. The zero-order valence-electron chi connectivity index (χ0n) is 10.9. The second-order valence-electron chi connectivity index (χ2n) is 4.94. The third-order valence-electron chi connectivity index (χ3n) is 3.49. The number of halogens is 1. The lowest BCUT2D eigenvalue weighted by Gasteiger charge is -2.28. The second kappa shape index (κ2) is 6.53. The van der Waals surface area contributed by atoms with Crippen LogP contribution in [0.5, 0.6) is 0 Å². The SMILES string of the molecule is CN1CCC(OCc2ccc(CN)c(Cl)c2)CC1. The first-order valence-corrected chi connectivity index (χ1v) is 6.84. The van der Waals surface area contributed by atoms with Gasteiger partial charge in [-0.2, -0.15) is 0 Å². The maximum atomic E-state index is 6.13. The fourth-order valence-electron chi connectivity index (χ4n) is 2.21. The molecule has 1 aliphatic heterocycles. The molecule has 0 aromatic heterocycles. The summed E-state index contributed by atoms with van der Waals surface area (Å²) in [7, 11) is 2.15. The van der Waals surface area contributed by atoms with Crippen molar-refractivity contribution in [3.8, 4) is 0 Å². The summed E-state index contributed by atoms with van der Waals surface area (Å²) >= 11 is 6.13. The Morgan fingerprint density at radius 3 is 2.72 bits per heavy atom. The molecular weight excluding hydrogens is 248 g/mol. The third-order valence-corrected chi connectivity index (χ3v) is 3.84. The molecule has 0 bridgehead atoms. The minimum atomic E-state index is 0.383. The average molecular weight is 269 g/mol. The Hall–Kier alpha value is -0.610. The van der Waals surface area contributed by atoms with E-state index in [1.54, 1.807) is 0 Å². The van der Waals surface area contributed by atoms with Crippen LogP contribution in [0.3, 0.4) is 0 Å². The van der Waals surface area contributed by atoms with E-state index in [1.807, 2.05) is 18.2 Å². The van der Waals surface area contributed by atoms with E-state index >= 15 is 0 Å². The van der Waals surface area contributed by atoms with E-state index in [2.05, 4.69) is 11.9 Å². The summed E-state index contributed by atoms with van der Waals surface area (Å²) in [5, 5.41) is 0.738. The molecule has 0 saturated carbocycles. The molecule has 0 radical (unpaired) electrons. The standard InChI is InChI=1S/C14H21ClN2O/c1-17-6-4-13(5-7-17)18-10-11-2-3-12(9-16)14(15)8-11/h2-3,8,13H,4-7,9-10,16H2,1H3. The topological polar surface area (TPSA) is 38.5 Å². The summed E-state index contributed by atoms with van der Waals surface area (Å²) in [6, 6.07) is 5.98. The van der Waals surface area contributed by atoms with Crippen LogP contribution >= 0.6 is 11.6 Å². The molecule has 2 rings (SSSR count). The van der Waals surface area contributed by atoms with Crippen molar-refractivity contribution in [2.45, 2.75) is 32.1 Å². The van der Waals surface area contributed by atoms with Crippen molar-refractivity contribution in [3.05, 3.63) is 34.3 Å². The molecule has 0 atom stereocenters. The maximum Gasteiger partial charge on any atom is 0.0721 e. The molecule has 1 aliphatic rings. The second-order valence-corrected chi connectivity index (χ2v) is 5.35. The average Bonchev–Trinajstić information content (AvgIpc) is 2.38. The van der Waals surface area contributed by atoms with Crippen LogP contribution < -0.4 is 5.73 Å². The number of hydrogen-bond acceptors (Lipinski definition) is 3. The highest BCUT2D eigenvalue weighted by Crippen LogP contribution is 2.19. The van der Waals surface area contributed by atoms with E-state index in [0.717, 1.165) is 42.1 Å². The van der Waals surface area contributed by atoms with E-state index in [4.69, 9.17) is 22.1 Å². The number of rotatable bonds is 4. The van der Waals surface area contributed by atoms with Gasteiger partial charge in [0.15, 0.2) is 0 Å². The Kier molecular flexibility index (Phi) is 5.01. The highest BCUT2D eigenvalue weighted by atomic mass is 35.5. The number of nitrogens with two attached hydrogens (primary N) is 1. The van der Waals surface area contributed by atoms with Gasteiger partial charge in [0.2, 0.25) is 0 Å². The normalized spacial score (nSPS) is 18.2. The lowest BCUT2D eigenvalue weighted by molar-refractivity contribution is 0.00213. The number of nitrogens with zero attached hydrogens (tertiary/aromatic N) is 1. The predicted octanol–water partition coefficient (Wildman–Crippen LogP) is 2.41. The first-order valence-electron chi connectivity index (χ1n) is 6.46. The van der Waals surface area contributed by atoms with Gasteiger partial charge >= 0.3 is 0 Å². The van der Waals surface area contributed by atoms with Gasteiger partial charge in [-0.15, -0.1) is 0 Å². The molecule has 3 nitrogen and oxygen atoms in total. The Labute approximate surface area is 114 Å². The Balaban J connectivity index is 1.84. The molecule has 1 saturated heterocycles. The number of likely N-dealkylation sites (tertiary alicyclic amines) is 1. The molecule has 1 aromatic carbocycles. The van der Waals surface area contributed by atoms with E-state index < -0.39 is 0 Å². The lowest BCUT2D eigenvalue weighted by atomic mass is 10.1. The van der Waals surface area contributed by atoms with Crippen LogP contribution in [0.4, 0.5) is 0 Å². The summed E-state index contributed by atoms with van der Waals surface area (Å²) in [6.45, 7) is 3.36. The summed E-state index contributed by atoms with van der Waals surface area (Å²) in [6.07, 6.45) is 2.62. The largest absolute Gasteiger partial charge is 0.373 e. The molecule has 1 fully saturated rings. The molecule has 0 spiro atoms. The van der Waals surface area contributed by atoms with Crippen molar-refractivity contribution in [2.75, 3.05) is 20.1 Å². The molecule has 0 aliphatic carbocycles. The van der Waals surface area contributed by atoms with Crippen molar-refractivity contribution in [2.24, 2.45) is 5.73 Å². The van der Waals surface area contributed by atoms with Gasteiger partial charge in [-0.05, 0) is 37.1 Å². The number of benzene rings is 1. The van der Waals surface area contributed by atoms with Gasteiger partial charge in [0, 0.05) is 24.7 Å². The van der Waals surface area contributed by atoms with E-state index in [9.17, 15) is 0 Å². The van der Waals surface area contributed by atoms with Crippen molar-refractivity contribution < 1.29 is 4.74 Å². The number of ether oxygens (including phenoxy) is 1. The summed E-state index contributed by atoms with van der Waals surface area (Å²) in [4.78, 5) is 2.34.